The number of nitrogens with zero attached hydrogens (tertiary/aromatic N) is 2. The lowest BCUT2D eigenvalue weighted by molar-refractivity contribution is -0.750. The van der Waals surface area contributed by atoms with Crippen LogP contribution in [0.3, 0.4) is 0 Å². The van der Waals surface area contributed by atoms with Crippen molar-refractivity contribution in [1.29, 1.82) is 0 Å². The fourth-order valence-corrected chi connectivity index (χ4v) is 1.64. The molecule has 0 radical (unpaired) electrons. The van der Waals surface area contributed by atoms with Gasteiger partial charge < -0.3 is 14.9 Å². The van der Waals surface area contributed by atoms with Crippen LogP contribution >= 0.6 is 0 Å². The van der Waals surface area contributed by atoms with Crippen LogP contribution in [0, 0.1) is 0 Å². The van der Waals surface area contributed by atoms with Crippen LogP contribution in [0.4, 0.5) is 5.69 Å². The first kappa shape index (κ1) is 13.1. The van der Waals surface area contributed by atoms with Crippen LogP contribution in [-0.2, 0) is 11.3 Å². The van der Waals surface area contributed by atoms with Gasteiger partial charge in [-0.1, -0.05) is 30.7 Å². The maximum atomic E-state index is 11.7. The van der Waals surface area contributed by atoms with E-state index < -0.39 is 5.95 Å². The molecule has 1 aromatic heterocycles. The van der Waals surface area contributed by atoms with Gasteiger partial charge in [0.25, 0.3) is 12.5 Å². The minimum atomic E-state index is -0.575. The highest BCUT2D eigenvalue weighted by molar-refractivity contribution is 5.89. The summed E-state index contributed by atoms with van der Waals surface area (Å²) in [6.45, 7) is 4.16. The summed E-state index contributed by atoms with van der Waals surface area (Å²) in [6, 6.07) is 7.64. The third kappa shape index (κ3) is 3.54. The monoisotopic (exact) mass is 261 g/mol. The number of carbonyl (C=O) groups excluding carboxylic acids is 1. The van der Waals surface area contributed by atoms with Crippen molar-refractivity contribution >= 4 is 11.6 Å². The quantitative estimate of drug-likeness (QED) is 0.825. The molecule has 100 valence electrons. The topological polar surface area (TPSA) is 82.1 Å². The Kier molecular flexibility index (Phi) is 3.79. The van der Waals surface area contributed by atoms with Crippen molar-refractivity contribution in [2.45, 2.75) is 26.3 Å². The van der Waals surface area contributed by atoms with Crippen molar-refractivity contribution in [2.24, 2.45) is 0 Å². The van der Waals surface area contributed by atoms with E-state index in [0.717, 1.165) is 10.9 Å². The molecule has 1 heterocycles. The second-order valence-electron chi connectivity index (χ2n) is 4.54. The molecule has 0 bridgehead atoms. The lowest BCUT2D eigenvalue weighted by Gasteiger charge is -2.07. The third-order valence-corrected chi connectivity index (χ3v) is 2.66. The predicted octanol–water partition coefficient (Wildman–Crippen LogP) is 0.798. The van der Waals surface area contributed by atoms with Crippen molar-refractivity contribution in [3.05, 3.63) is 36.0 Å². The van der Waals surface area contributed by atoms with E-state index in [-0.39, 0.29) is 12.5 Å². The summed E-state index contributed by atoms with van der Waals surface area (Å²) < 4.78 is 5.49. The molecule has 1 amide bonds. The maximum Gasteiger partial charge on any atom is 0.292 e. The van der Waals surface area contributed by atoms with Crippen LogP contribution in [-0.4, -0.2) is 11.2 Å². The van der Waals surface area contributed by atoms with E-state index in [2.05, 4.69) is 29.0 Å². The van der Waals surface area contributed by atoms with Gasteiger partial charge in [-0.05, 0) is 23.6 Å². The number of nitrogens with one attached hydrogen (secondary N) is 1. The Morgan fingerprint density at radius 1 is 1.42 bits per heavy atom. The van der Waals surface area contributed by atoms with Crippen LogP contribution in [0.5, 0.6) is 5.95 Å². The lowest BCUT2D eigenvalue weighted by Crippen LogP contribution is -2.41. The van der Waals surface area contributed by atoms with Gasteiger partial charge in [-0.15, -0.1) is 0 Å². The van der Waals surface area contributed by atoms with E-state index in [1.807, 2.05) is 24.3 Å². The zero-order valence-electron chi connectivity index (χ0n) is 10.8. The van der Waals surface area contributed by atoms with E-state index in [1.165, 1.54) is 5.56 Å². The Bertz CT molecular complexity index is 561. The smallest absolute Gasteiger partial charge is 0.292 e. The molecule has 0 fully saturated rings. The standard InChI is InChI=1S/C13H15N3O3/c1-9(2)10-3-5-11(6-4-10)14-12(17)7-16-8-13(18)19-15-16/h3-6,8-9H,7H2,1-2H3,(H-,14,15,17,18). The molecule has 1 N–H and O–H groups in total. The Labute approximate surface area is 110 Å². The first-order valence-corrected chi connectivity index (χ1v) is 5.98. The fourth-order valence-electron chi connectivity index (χ4n) is 1.64. The van der Waals surface area contributed by atoms with Crippen molar-refractivity contribution in [1.82, 2.24) is 5.27 Å². The largest absolute Gasteiger partial charge is 0.539 e. The number of benzene rings is 1. The second kappa shape index (κ2) is 5.51. The van der Waals surface area contributed by atoms with Crippen molar-refractivity contribution in [3.63, 3.8) is 0 Å². The molecule has 0 saturated heterocycles. The van der Waals surface area contributed by atoms with Crippen molar-refractivity contribution in [3.8, 4) is 5.95 Å². The van der Waals surface area contributed by atoms with Crippen LogP contribution in [0.25, 0.3) is 0 Å². The highest BCUT2D eigenvalue weighted by atomic mass is 16.6. The van der Waals surface area contributed by atoms with Gasteiger partial charge in [0.15, 0.2) is 0 Å². The maximum absolute atomic E-state index is 11.7. The summed E-state index contributed by atoms with van der Waals surface area (Å²) in [4.78, 5) is 11.7. The van der Waals surface area contributed by atoms with Gasteiger partial charge in [0.2, 0.25) is 6.20 Å². The molecule has 0 aliphatic heterocycles. The summed E-state index contributed by atoms with van der Waals surface area (Å²) in [6.07, 6.45) is 1.13. The zero-order valence-corrected chi connectivity index (χ0v) is 10.8. The van der Waals surface area contributed by atoms with Crippen LogP contribution in [0.1, 0.15) is 25.3 Å². The first-order valence-electron chi connectivity index (χ1n) is 5.98. The molecule has 6 heteroatoms. The van der Waals surface area contributed by atoms with Crippen molar-refractivity contribution < 1.29 is 19.1 Å². The molecule has 0 spiro atoms. The van der Waals surface area contributed by atoms with E-state index in [9.17, 15) is 9.90 Å². The molecule has 0 unspecified atom stereocenters. The van der Waals surface area contributed by atoms with Gasteiger partial charge >= 0.3 is 0 Å². The molecule has 0 aliphatic rings. The Morgan fingerprint density at radius 2 is 2.11 bits per heavy atom. The summed E-state index contributed by atoms with van der Waals surface area (Å²) in [5.74, 6) is -0.393. The van der Waals surface area contributed by atoms with Crippen LogP contribution in [0.2, 0.25) is 0 Å². The molecule has 2 aromatic rings. The molecular weight excluding hydrogens is 246 g/mol. The molecule has 0 aliphatic carbocycles. The van der Waals surface area contributed by atoms with Crippen molar-refractivity contribution in [2.75, 3.05) is 5.32 Å². The number of anilines is 1. The third-order valence-electron chi connectivity index (χ3n) is 2.66. The average molecular weight is 261 g/mol. The van der Waals surface area contributed by atoms with E-state index in [4.69, 9.17) is 0 Å². The second-order valence-corrected chi connectivity index (χ2v) is 4.54. The summed E-state index contributed by atoms with van der Waals surface area (Å²) >= 11 is 0. The molecular formula is C13H15N3O3. The van der Waals surface area contributed by atoms with Gasteiger partial charge in [0.1, 0.15) is 5.95 Å². The first-order chi connectivity index (χ1) is 9.04. The van der Waals surface area contributed by atoms with Crippen LogP contribution in [0.15, 0.2) is 35.0 Å². The van der Waals surface area contributed by atoms with E-state index >= 15 is 0 Å². The minimum absolute atomic E-state index is 0.0579. The molecule has 0 saturated carbocycles. The fraction of sp³-hybridized carbons (Fsp3) is 0.308. The average Bonchev–Trinajstić information content (AvgIpc) is 2.75. The number of amides is 1. The van der Waals surface area contributed by atoms with E-state index in [0.29, 0.717) is 11.6 Å². The van der Waals surface area contributed by atoms with Gasteiger partial charge in [-0.3, -0.25) is 4.79 Å². The Morgan fingerprint density at radius 3 is 2.63 bits per heavy atom. The van der Waals surface area contributed by atoms with Crippen LogP contribution < -0.4 is 15.1 Å². The number of rotatable bonds is 4. The number of carbonyl (C=O) groups is 1. The van der Waals surface area contributed by atoms with Gasteiger partial charge in [0, 0.05) is 5.69 Å². The zero-order chi connectivity index (χ0) is 13.8. The predicted molar refractivity (Wildman–Crippen MR) is 65.3 cm³/mol. The summed E-state index contributed by atoms with van der Waals surface area (Å²) in [7, 11) is 0. The minimum Gasteiger partial charge on any atom is -0.539 e. The highest BCUT2D eigenvalue weighted by Gasteiger charge is 2.12. The van der Waals surface area contributed by atoms with Gasteiger partial charge in [0.05, 0.1) is 5.27 Å². The summed E-state index contributed by atoms with van der Waals surface area (Å²) in [5.41, 5.74) is 1.92. The molecule has 19 heavy (non-hydrogen) atoms. The normalized spacial score (nSPS) is 10.7. The highest BCUT2D eigenvalue weighted by Crippen LogP contribution is 2.16. The number of hydrogen-bond acceptors (Lipinski definition) is 4. The lowest BCUT2D eigenvalue weighted by atomic mass is 10.0. The molecule has 0 atom stereocenters. The number of hydrogen-bond donors (Lipinski definition) is 1. The molecule has 1 aromatic carbocycles. The van der Waals surface area contributed by atoms with E-state index in [1.54, 1.807) is 0 Å². The molecule has 2 rings (SSSR count). The number of aromatic nitrogens is 2. The Balaban J connectivity index is 1.95. The van der Waals surface area contributed by atoms with Gasteiger partial charge in [-0.2, -0.15) is 0 Å². The summed E-state index contributed by atoms with van der Waals surface area (Å²) in [5, 5.41) is 16.9. The van der Waals surface area contributed by atoms with Gasteiger partial charge in [-0.25, -0.2) is 0 Å². The Hall–Kier alpha value is -2.37. The molecule has 6 nitrogen and oxygen atoms in total. The SMILES string of the molecule is CC(C)c1ccc(NC(=O)C[n+]2cc([O-])on2)cc1.